The zero-order valence-corrected chi connectivity index (χ0v) is 14.5. The Bertz CT molecular complexity index is 775. The Balaban J connectivity index is 1.81. The van der Waals surface area contributed by atoms with Crippen molar-refractivity contribution in [2.24, 2.45) is 12.2 Å². The van der Waals surface area contributed by atoms with E-state index in [4.69, 9.17) is 4.84 Å². The third kappa shape index (κ3) is 3.12. The maximum absolute atomic E-state index is 12.7. The fraction of sp³-hybridized carbons (Fsp3) is 0.368. The average molecular weight is 325 g/mol. The topological polar surface area (TPSA) is 46.8 Å². The minimum Gasteiger partial charge on any atom is -0.395 e. The first-order chi connectivity index (χ1) is 11.6. The van der Waals surface area contributed by atoms with Crippen LogP contribution in [0.1, 0.15) is 40.0 Å². The quantitative estimate of drug-likeness (QED) is 0.517. The number of carbonyl (C=O) groups is 1. The minimum absolute atomic E-state index is 0.0398. The zero-order valence-electron chi connectivity index (χ0n) is 14.5. The van der Waals surface area contributed by atoms with E-state index >= 15 is 0 Å². The van der Waals surface area contributed by atoms with Gasteiger partial charge in [-0.15, -0.1) is 0 Å². The summed E-state index contributed by atoms with van der Waals surface area (Å²) in [6.45, 7) is 1.62. The van der Waals surface area contributed by atoms with E-state index in [-0.39, 0.29) is 5.78 Å². The van der Waals surface area contributed by atoms with Gasteiger partial charge in [0.15, 0.2) is 0 Å². The summed E-state index contributed by atoms with van der Waals surface area (Å²) in [5, 5.41) is 4.37. The van der Waals surface area contributed by atoms with Crippen molar-refractivity contribution < 1.29 is 9.63 Å². The first-order valence-electron chi connectivity index (χ1n) is 8.24. The third-order valence-corrected chi connectivity index (χ3v) is 4.22. The molecule has 3 rings (SSSR count). The smallest absolute Gasteiger partial charge is 0.210 e. The summed E-state index contributed by atoms with van der Waals surface area (Å²) in [5.41, 5.74) is 3.78. The van der Waals surface area contributed by atoms with E-state index < -0.39 is 0 Å². The van der Waals surface area contributed by atoms with Gasteiger partial charge in [-0.2, -0.15) is 0 Å². The second kappa shape index (κ2) is 7.01. The lowest BCUT2D eigenvalue weighted by molar-refractivity contribution is 0.102. The van der Waals surface area contributed by atoms with Crippen LogP contribution in [0.25, 0.3) is 0 Å². The normalized spacial score (nSPS) is 14.8. The molecule has 0 unspecified atom stereocenters. The van der Waals surface area contributed by atoms with Gasteiger partial charge in [-0.1, -0.05) is 29.4 Å². The second-order valence-corrected chi connectivity index (χ2v) is 6.35. The first kappa shape index (κ1) is 16.5. The van der Waals surface area contributed by atoms with Crippen molar-refractivity contribution in [1.82, 2.24) is 9.47 Å². The predicted molar refractivity (Wildman–Crippen MR) is 94.7 cm³/mol. The molecule has 0 N–H and O–H groups in total. The zero-order chi connectivity index (χ0) is 17.1. The average Bonchev–Trinajstić information content (AvgIpc) is 2.95. The highest BCUT2D eigenvalue weighted by molar-refractivity contribution is 6.29. The van der Waals surface area contributed by atoms with Crippen LogP contribution in [0.4, 0.5) is 0 Å². The largest absolute Gasteiger partial charge is 0.395 e. The van der Waals surface area contributed by atoms with Crippen LogP contribution in [0.5, 0.6) is 0 Å². The molecule has 0 spiro atoms. The molecule has 1 aliphatic carbocycles. The van der Waals surface area contributed by atoms with Crippen LogP contribution in [-0.2, 0) is 11.9 Å². The molecule has 1 aromatic carbocycles. The number of benzene rings is 1. The van der Waals surface area contributed by atoms with Crippen LogP contribution in [0, 0.1) is 0 Å². The Kier molecular flexibility index (Phi) is 4.81. The highest BCUT2D eigenvalue weighted by Gasteiger charge is 2.30. The van der Waals surface area contributed by atoms with E-state index in [0.29, 0.717) is 17.9 Å². The van der Waals surface area contributed by atoms with Crippen LogP contribution in [0.2, 0.25) is 0 Å². The SMILES string of the molecule is CN(C)CCCCON=C1c2ccccc2C(=O)c2c1ccn2C. The van der Waals surface area contributed by atoms with Gasteiger partial charge in [0.2, 0.25) is 5.78 Å². The molecule has 1 heterocycles. The molecule has 0 radical (unpaired) electrons. The third-order valence-electron chi connectivity index (χ3n) is 4.22. The van der Waals surface area contributed by atoms with Crippen molar-refractivity contribution >= 4 is 11.5 Å². The van der Waals surface area contributed by atoms with Crippen LogP contribution in [0.3, 0.4) is 0 Å². The van der Waals surface area contributed by atoms with Crippen molar-refractivity contribution in [3.05, 3.63) is 58.9 Å². The Morgan fingerprint density at radius 3 is 2.58 bits per heavy atom. The highest BCUT2D eigenvalue weighted by atomic mass is 16.6. The van der Waals surface area contributed by atoms with Crippen molar-refractivity contribution in [2.45, 2.75) is 12.8 Å². The molecule has 1 aromatic heterocycles. The van der Waals surface area contributed by atoms with E-state index in [2.05, 4.69) is 24.2 Å². The van der Waals surface area contributed by atoms with Crippen molar-refractivity contribution in [3.63, 3.8) is 0 Å². The van der Waals surface area contributed by atoms with E-state index in [0.717, 1.165) is 36.2 Å². The first-order valence-corrected chi connectivity index (χ1v) is 8.24. The van der Waals surface area contributed by atoms with Gasteiger partial charge in [-0.3, -0.25) is 4.79 Å². The summed E-state index contributed by atoms with van der Waals surface area (Å²) in [4.78, 5) is 20.4. The molecule has 24 heavy (non-hydrogen) atoms. The Hall–Kier alpha value is -2.40. The van der Waals surface area contributed by atoms with Crippen LogP contribution in [-0.4, -0.2) is 48.2 Å². The number of aromatic nitrogens is 1. The van der Waals surface area contributed by atoms with Crippen LogP contribution in [0.15, 0.2) is 41.7 Å². The molecule has 0 saturated carbocycles. The summed E-state index contributed by atoms with van der Waals surface area (Å²) in [6, 6.07) is 9.51. The number of unbranched alkanes of at least 4 members (excludes halogenated alkanes) is 1. The van der Waals surface area contributed by atoms with Crippen LogP contribution < -0.4 is 0 Å². The summed E-state index contributed by atoms with van der Waals surface area (Å²) in [5.74, 6) is 0.0398. The van der Waals surface area contributed by atoms with Gasteiger partial charge in [0.1, 0.15) is 12.3 Å². The number of rotatable bonds is 6. The molecule has 126 valence electrons. The fourth-order valence-corrected chi connectivity index (χ4v) is 2.97. The lowest BCUT2D eigenvalue weighted by Crippen LogP contribution is -2.23. The van der Waals surface area contributed by atoms with E-state index in [1.165, 1.54) is 0 Å². The van der Waals surface area contributed by atoms with E-state index in [1.54, 1.807) is 0 Å². The van der Waals surface area contributed by atoms with Gasteiger partial charge in [0.05, 0.1) is 5.69 Å². The van der Waals surface area contributed by atoms with Gasteiger partial charge in [0, 0.05) is 29.9 Å². The molecule has 0 amide bonds. The number of fused-ring (bicyclic) bond motifs is 2. The maximum atomic E-state index is 12.7. The number of oxime groups is 1. The van der Waals surface area contributed by atoms with Crippen molar-refractivity contribution in [3.8, 4) is 0 Å². The fourth-order valence-electron chi connectivity index (χ4n) is 2.97. The maximum Gasteiger partial charge on any atom is 0.210 e. The van der Waals surface area contributed by atoms with E-state index in [9.17, 15) is 4.79 Å². The number of aryl methyl sites for hydroxylation is 1. The molecular formula is C19H23N3O2. The lowest BCUT2D eigenvalue weighted by Gasteiger charge is -2.18. The molecule has 2 aromatic rings. The summed E-state index contributed by atoms with van der Waals surface area (Å²) < 4.78 is 1.85. The number of hydrogen-bond acceptors (Lipinski definition) is 4. The molecule has 0 aliphatic heterocycles. The van der Waals surface area contributed by atoms with Crippen molar-refractivity contribution in [2.75, 3.05) is 27.2 Å². The van der Waals surface area contributed by atoms with Gasteiger partial charge in [-0.25, -0.2) is 0 Å². The summed E-state index contributed by atoms with van der Waals surface area (Å²) >= 11 is 0. The van der Waals surface area contributed by atoms with Gasteiger partial charge < -0.3 is 14.3 Å². The van der Waals surface area contributed by atoms with E-state index in [1.807, 2.05) is 48.1 Å². The molecule has 0 saturated heterocycles. The lowest BCUT2D eigenvalue weighted by atomic mass is 9.87. The number of carbonyl (C=O) groups excluding carboxylic acids is 1. The second-order valence-electron chi connectivity index (χ2n) is 6.35. The van der Waals surface area contributed by atoms with Gasteiger partial charge in [-0.05, 0) is 39.5 Å². The highest BCUT2D eigenvalue weighted by Crippen LogP contribution is 2.28. The van der Waals surface area contributed by atoms with Gasteiger partial charge >= 0.3 is 0 Å². The molecule has 5 heteroatoms. The number of hydrogen-bond donors (Lipinski definition) is 0. The summed E-state index contributed by atoms with van der Waals surface area (Å²) in [7, 11) is 6.01. The van der Waals surface area contributed by atoms with Crippen LogP contribution >= 0.6 is 0 Å². The molecular weight excluding hydrogens is 302 g/mol. The molecule has 0 fully saturated rings. The Labute approximate surface area is 142 Å². The Morgan fingerprint density at radius 2 is 1.83 bits per heavy atom. The molecule has 1 aliphatic rings. The number of ketones is 1. The van der Waals surface area contributed by atoms with Crippen molar-refractivity contribution in [1.29, 1.82) is 0 Å². The predicted octanol–water partition coefficient (Wildman–Crippen LogP) is 2.68. The van der Waals surface area contributed by atoms with Gasteiger partial charge in [0.25, 0.3) is 0 Å². The minimum atomic E-state index is 0.0398. The number of nitrogens with zero attached hydrogens (tertiary/aromatic N) is 3. The molecule has 5 nitrogen and oxygen atoms in total. The monoisotopic (exact) mass is 325 g/mol. The Morgan fingerprint density at radius 1 is 1.08 bits per heavy atom. The standard InChI is InChI=1S/C19H23N3O2/c1-21(2)11-6-7-13-24-20-17-14-8-4-5-9-15(14)19(23)18-16(17)10-12-22(18)3/h4-5,8-10,12H,6-7,11,13H2,1-3H3. The molecule has 0 atom stereocenters. The summed E-state index contributed by atoms with van der Waals surface area (Å²) in [6.07, 6.45) is 3.92. The molecule has 0 bridgehead atoms.